The van der Waals surface area contributed by atoms with Crippen molar-refractivity contribution in [1.29, 1.82) is 0 Å². The Morgan fingerprint density at radius 2 is 1.96 bits per heavy atom. The highest BCUT2D eigenvalue weighted by Gasteiger charge is 2.35. The van der Waals surface area contributed by atoms with Crippen molar-refractivity contribution in [2.75, 3.05) is 16.9 Å². The van der Waals surface area contributed by atoms with Crippen LogP contribution in [0.3, 0.4) is 0 Å². The summed E-state index contributed by atoms with van der Waals surface area (Å²) in [7, 11) is 0. The van der Waals surface area contributed by atoms with Crippen LogP contribution in [0.15, 0.2) is 53.0 Å². The third kappa shape index (κ3) is 3.73. The van der Waals surface area contributed by atoms with E-state index >= 15 is 0 Å². The Hall–Kier alpha value is -2.41. The van der Waals surface area contributed by atoms with Gasteiger partial charge >= 0.3 is 0 Å². The van der Waals surface area contributed by atoms with E-state index in [1.165, 1.54) is 24.3 Å². The molecule has 0 bridgehead atoms. The molecule has 1 atom stereocenters. The number of hydrogen-bond donors (Lipinski definition) is 2. The molecule has 24 heavy (non-hydrogen) atoms. The lowest BCUT2D eigenvalue weighted by atomic mass is 10.1. The maximum absolute atomic E-state index is 12.8. The molecule has 0 radical (unpaired) electrons. The minimum atomic E-state index is -0.440. The molecule has 2 aromatic carbocycles. The second kappa shape index (κ2) is 7.00. The minimum Gasteiger partial charge on any atom is -0.312 e. The highest BCUT2D eigenvalue weighted by atomic mass is 79.9. The van der Waals surface area contributed by atoms with Crippen molar-refractivity contribution in [1.82, 2.24) is 5.43 Å². The normalized spacial score (nSPS) is 17.0. The van der Waals surface area contributed by atoms with Gasteiger partial charge in [0.25, 0.3) is 0 Å². The fraction of sp³-hybridized carbons (Fsp3) is 0.176. The summed E-state index contributed by atoms with van der Waals surface area (Å²) in [6, 6.07) is 13.0. The molecule has 2 N–H and O–H groups in total. The predicted molar refractivity (Wildman–Crippen MR) is 92.8 cm³/mol. The third-order valence-corrected chi connectivity index (χ3v) is 4.28. The van der Waals surface area contributed by atoms with Gasteiger partial charge in [0, 0.05) is 23.1 Å². The Morgan fingerprint density at radius 3 is 2.67 bits per heavy atom. The number of carbonyl (C=O) groups excluding carboxylic acids is 2. The van der Waals surface area contributed by atoms with Crippen molar-refractivity contribution in [2.45, 2.75) is 6.42 Å². The SMILES string of the molecule is O=C(NNc1ccc(F)cc1)[C@@H]1CC(=O)N(c2cccc(Br)c2)C1. The molecule has 1 aliphatic rings. The van der Waals surface area contributed by atoms with Crippen molar-refractivity contribution in [2.24, 2.45) is 5.92 Å². The number of nitrogens with zero attached hydrogens (tertiary/aromatic N) is 1. The first-order valence-electron chi connectivity index (χ1n) is 7.40. The number of benzene rings is 2. The number of carbonyl (C=O) groups is 2. The van der Waals surface area contributed by atoms with E-state index in [-0.39, 0.29) is 24.1 Å². The molecule has 0 aliphatic carbocycles. The zero-order valence-electron chi connectivity index (χ0n) is 12.6. The van der Waals surface area contributed by atoms with Crippen LogP contribution in [0, 0.1) is 11.7 Å². The maximum Gasteiger partial charge on any atom is 0.243 e. The van der Waals surface area contributed by atoms with Gasteiger partial charge in [-0.15, -0.1) is 0 Å². The van der Waals surface area contributed by atoms with Crippen molar-refractivity contribution >= 4 is 39.1 Å². The molecule has 1 heterocycles. The number of halogens is 2. The first-order chi connectivity index (χ1) is 11.5. The van der Waals surface area contributed by atoms with Crippen LogP contribution in [-0.4, -0.2) is 18.4 Å². The molecule has 5 nitrogen and oxygen atoms in total. The maximum atomic E-state index is 12.8. The van der Waals surface area contributed by atoms with E-state index in [2.05, 4.69) is 26.8 Å². The number of hydrogen-bond acceptors (Lipinski definition) is 3. The van der Waals surface area contributed by atoms with E-state index in [1.807, 2.05) is 24.3 Å². The van der Waals surface area contributed by atoms with Gasteiger partial charge in [-0.3, -0.25) is 20.4 Å². The van der Waals surface area contributed by atoms with E-state index in [0.29, 0.717) is 12.2 Å². The standard InChI is InChI=1S/C17H15BrFN3O2/c18-12-2-1-3-15(9-12)22-10-11(8-16(22)23)17(24)21-20-14-6-4-13(19)5-7-14/h1-7,9,11,20H,8,10H2,(H,21,24)/t11-/m1/s1. The first kappa shape index (κ1) is 16.4. The van der Waals surface area contributed by atoms with E-state index in [1.54, 1.807) is 4.90 Å². The molecule has 1 aliphatic heterocycles. The Labute approximate surface area is 146 Å². The van der Waals surface area contributed by atoms with Crippen LogP contribution in [0.2, 0.25) is 0 Å². The van der Waals surface area contributed by atoms with Crippen LogP contribution in [0.25, 0.3) is 0 Å². The van der Waals surface area contributed by atoms with Crippen molar-refractivity contribution < 1.29 is 14.0 Å². The number of anilines is 2. The van der Waals surface area contributed by atoms with Crippen molar-refractivity contribution in [3.8, 4) is 0 Å². The number of rotatable bonds is 4. The first-order valence-corrected chi connectivity index (χ1v) is 8.19. The summed E-state index contributed by atoms with van der Waals surface area (Å²) in [6.45, 7) is 0.326. The van der Waals surface area contributed by atoms with Gasteiger partial charge in [0.2, 0.25) is 11.8 Å². The van der Waals surface area contributed by atoms with Gasteiger partial charge < -0.3 is 4.90 Å². The monoisotopic (exact) mass is 391 g/mol. The van der Waals surface area contributed by atoms with Gasteiger partial charge in [-0.05, 0) is 42.5 Å². The lowest BCUT2D eigenvalue weighted by Crippen LogP contribution is -2.36. The highest BCUT2D eigenvalue weighted by Crippen LogP contribution is 2.27. The van der Waals surface area contributed by atoms with Crippen LogP contribution in [0.1, 0.15) is 6.42 Å². The molecule has 1 saturated heterocycles. The Morgan fingerprint density at radius 1 is 1.21 bits per heavy atom. The van der Waals surface area contributed by atoms with Gasteiger partial charge in [0.05, 0.1) is 11.6 Å². The molecule has 0 spiro atoms. The predicted octanol–water partition coefficient (Wildman–Crippen LogP) is 3.08. The lowest BCUT2D eigenvalue weighted by molar-refractivity contribution is -0.125. The van der Waals surface area contributed by atoms with Crippen LogP contribution >= 0.6 is 15.9 Å². The molecule has 124 valence electrons. The molecule has 7 heteroatoms. The average Bonchev–Trinajstić information content (AvgIpc) is 2.96. The summed E-state index contributed by atoms with van der Waals surface area (Å²) < 4.78 is 13.7. The smallest absolute Gasteiger partial charge is 0.243 e. The number of amides is 2. The summed E-state index contributed by atoms with van der Waals surface area (Å²) in [4.78, 5) is 26.0. The highest BCUT2D eigenvalue weighted by molar-refractivity contribution is 9.10. The fourth-order valence-electron chi connectivity index (χ4n) is 2.55. The van der Waals surface area contributed by atoms with Crippen LogP contribution in [0.5, 0.6) is 0 Å². The second-order valence-corrected chi connectivity index (χ2v) is 6.42. The Kier molecular flexibility index (Phi) is 4.80. The summed E-state index contributed by atoms with van der Waals surface area (Å²) in [6.07, 6.45) is 0.156. The van der Waals surface area contributed by atoms with Gasteiger partial charge in [0.1, 0.15) is 5.82 Å². The van der Waals surface area contributed by atoms with E-state index in [0.717, 1.165) is 10.2 Å². The van der Waals surface area contributed by atoms with Crippen molar-refractivity contribution in [3.05, 3.63) is 58.8 Å². The third-order valence-electron chi connectivity index (χ3n) is 3.79. The van der Waals surface area contributed by atoms with Crippen LogP contribution in [-0.2, 0) is 9.59 Å². The molecule has 0 aromatic heterocycles. The molecule has 2 amide bonds. The average molecular weight is 392 g/mol. The van der Waals surface area contributed by atoms with E-state index in [9.17, 15) is 14.0 Å². The second-order valence-electron chi connectivity index (χ2n) is 5.51. The minimum absolute atomic E-state index is 0.0879. The molecule has 3 rings (SSSR count). The van der Waals surface area contributed by atoms with E-state index in [4.69, 9.17) is 0 Å². The summed E-state index contributed by atoms with van der Waals surface area (Å²) in [5, 5.41) is 0. The largest absolute Gasteiger partial charge is 0.312 e. The fourth-order valence-corrected chi connectivity index (χ4v) is 2.93. The summed E-state index contributed by atoms with van der Waals surface area (Å²) in [5.74, 6) is -1.15. The summed E-state index contributed by atoms with van der Waals surface area (Å²) in [5.41, 5.74) is 6.62. The molecular formula is C17H15BrFN3O2. The Balaban J connectivity index is 1.60. The number of nitrogens with one attached hydrogen (secondary N) is 2. The van der Waals surface area contributed by atoms with Gasteiger partial charge in [-0.25, -0.2) is 4.39 Å². The molecular weight excluding hydrogens is 377 g/mol. The zero-order chi connectivity index (χ0) is 17.1. The lowest BCUT2D eigenvalue weighted by Gasteiger charge is -2.17. The molecule has 1 fully saturated rings. The van der Waals surface area contributed by atoms with Crippen LogP contribution in [0.4, 0.5) is 15.8 Å². The molecule has 2 aromatic rings. The van der Waals surface area contributed by atoms with Gasteiger partial charge in [0.15, 0.2) is 0 Å². The van der Waals surface area contributed by atoms with Gasteiger partial charge in [-0.1, -0.05) is 22.0 Å². The molecule has 0 unspecified atom stereocenters. The quantitative estimate of drug-likeness (QED) is 0.787. The summed E-state index contributed by atoms with van der Waals surface area (Å²) >= 11 is 3.38. The molecule has 0 saturated carbocycles. The van der Waals surface area contributed by atoms with Gasteiger partial charge in [-0.2, -0.15) is 0 Å². The van der Waals surface area contributed by atoms with E-state index < -0.39 is 5.92 Å². The van der Waals surface area contributed by atoms with Crippen LogP contribution < -0.4 is 15.8 Å². The zero-order valence-corrected chi connectivity index (χ0v) is 14.2. The topological polar surface area (TPSA) is 61.4 Å². The number of hydrazine groups is 1. The Bertz CT molecular complexity index is 767. The van der Waals surface area contributed by atoms with Crippen molar-refractivity contribution in [3.63, 3.8) is 0 Å².